The second kappa shape index (κ2) is 9.70. The number of methoxy groups -OCH3 is 1. The maximum Gasteiger partial charge on any atom is 0.421 e. The molecule has 0 spiro atoms. The Morgan fingerprint density at radius 3 is 2.22 bits per heavy atom. The zero-order valence-corrected chi connectivity index (χ0v) is 21.8. The molecule has 3 rings (SSSR count). The van der Waals surface area contributed by atoms with Crippen LogP contribution < -0.4 is 20.8 Å². The summed E-state index contributed by atoms with van der Waals surface area (Å²) < 4.78 is 84.3. The van der Waals surface area contributed by atoms with Crippen LogP contribution in [-0.2, 0) is 20.6 Å². The normalized spacial score (nSPS) is 12.6. The molecular formula is C22H25F3N5O4PS. The fraction of sp³-hybridized carbons (Fsp3) is 0.318. The summed E-state index contributed by atoms with van der Waals surface area (Å²) in [6.45, 7) is 6.02. The number of nitrogen functional groups attached to an aromatic ring is 1. The molecule has 0 bridgehead atoms. The minimum absolute atomic E-state index is 0.0365. The number of alkyl halides is 3. The third-order valence-corrected chi connectivity index (χ3v) is 8.71. The molecule has 0 aliphatic heterocycles. The first-order valence-electron chi connectivity index (χ1n) is 10.5. The van der Waals surface area contributed by atoms with Gasteiger partial charge in [0.2, 0.25) is 11.8 Å². The van der Waals surface area contributed by atoms with E-state index >= 15 is 0 Å². The third-order valence-electron chi connectivity index (χ3n) is 5.16. The number of para-hydroxylation sites is 1. The predicted octanol–water partition coefficient (Wildman–Crippen LogP) is 4.38. The summed E-state index contributed by atoms with van der Waals surface area (Å²) in [5.74, 6) is -1.27. The van der Waals surface area contributed by atoms with Gasteiger partial charge in [-0.3, -0.25) is 4.90 Å². The molecule has 0 aliphatic carbocycles. The van der Waals surface area contributed by atoms with Gasteiger partial charge in [0, 0.05) is 6.20 Å². The summed E-state index contributed by atoms with van der Waals surface area (Å²) in [5.41, 5.74) is 4.75. The first-order chi connectivity index (χ1) is 16.6. The lowest BCUT2D eigenvalue weighted by Gasteiger charge is -2.27. The maximum absolute atomic E-state index is 13.3. The van der Waals surface area contributed by atoms with Crippen molar-refractivity contribution in [3.63, 3.8) is 0 Å². The van der Waals surface area contributed by atoms with E-state index < -0.39 is 39.8 Å². The van der Waals surface area contributed by atoms with Crippen LogP contribution in [0.4, 0.5) is 36.3 Å². The number of anilines is 4. The van der Waals surface area contributed by atoms with Crippen molar-refractivity contribution in [2.45, 2.75) is 30.2 Å². The number of rotatable bonds is 7. The highest BCUT2D eigenvalue weighted by Gasteiger charge is 2.36. The maximum atomic E-state index is 13.3. The topological polar surface area (TPSA) is 128 Å². The van der Waals surface area contributed by atoms with Crippen molar-refractivity contribution >= 4 is 45.6 Å². The van der Waals surface area contributed by atoms with Crippen molar-refractivity contribution in [3.05, 3.63) is 48.2 Å². The molecule has 0 saturated heterocycles. The lowest BCUT2D eigenvalue weighted by Crippen LogP contribution is -2.23. The van der Waals surface area contributed by atoms with Crippen molar-refractivity contribution in [3.8, 4) is 5.88 Å². The zero-order valence-electron chi connectivity index (χ0n) is 20.1. The molecule has 0 aliphatic rings. The van der Waals surface area contributed by atoms with Gasteiger partial charge in [0.15, 0.2) is 9.84 Å². The number of ether oxygens (including phenoxy) is 1. The van der Waals surface area contributed by atoms with E-state index in [0.717, 1.165) is 0 Å². The standard InChI is InChI=1S/C22H25F3N5O4PS/c1-13(2)36(32,33)17-9-7-6-8-15(17)30(21-27-12-14(19(26)29-21)22(23,24)25)16-10-11-18(35(4,5)31)28-20(16)34-3/h6-13H,1-5H3,(H2,26,27,29). The Hall–Kier alpha value is -3.18. The molecule has 2 aromatic heterocycles. The number of hydrogen-bond donors (Lipinski definition) is 1. The molecule has 194 valence electrons. The van der Waals surface area contributed by atoms with Gasteiger partial charge >= 0.3 is 6.18 Å². The van der Waals surface area contributed by atoms with E-state index in [9.17, 15) is 26.2 Å². The number of halogens is 3. The monoisotopic (exact) mass is 543 g/mol. The van der Waals surface area contributed by atoms with Gasteiger partial charge in [0.1, 0.15) is 29.6 Å². The summed E-state index contributed by atoms with van der Waals surface area (Å²) in [7, 11) is -5.40. The number of pyridine rings is 1. The van der Waals surface area contributed by atoms with E-state index in [-0.39, 0.29) is 33.5 Å². The van der Waals surface area contributed by atoms with Crippen molar-refractivity contribution in [2.24, 2.45) is 0 Å². The fourth-order valence-corrected chi connectivity index (χ4v) is 5.23. The highest BCUT2D eigenvalue weighted by Crippen LogP contribution is 2.43. The first kappa shape index (κ1) is 27.4. The summed E-state index contributed by atoms with van der Waals surface area (Å²) in [6, 6.07) is 8.79. The summed E-state index contributed by atoms with van der Waals surface area (Å²) in [4.78, 5) is 13.1. The Kier molecular flexibility index (Phi) is 7.39. The molecule has 0 atom stereocenters. The second-order valence-electron chi connectivity index (χ2n) is 8.41. The molecule has 0 saturated carbocycles. The van der Waals surface area contributed by atoms with Gasteiger partial charge in [-0.2, -0.15) is 18.2 Å². The smallest absolute Gasteiger partial charge is 0.421 e. The number of nitrogens with two attached hydrogens (primary N) is 1. The fourth-order valence-electron chi connectivity index (χ4n) is 3.24. The van der Waals surface area contributed by atoms with E-state index in [1.807, 2.05) is 0 Å². The number of sulfone groups is 1. The van der Waals surface area contributed by atoms with Crippen LogP contribution in [0.1, 0.15) is 19.4 Å². The lowest BCUT2D eigenvalue weighted by molar-refractivity contribution is -0.137. The van der Waals surface area contributed by atoms with Crippen LogP contribution in [0.15, 0.2) is 47.5 Å². The number of benzene rings is 1. The van der Waals surface area contributed by atoms with Gasteiger partial charge in [0.05, 0.1) is 22.9 Å². The Bertz CT molecular complexity index is 1440. The van der Waals surface area contributed by atoms with E-state index in [1.165, 1.54) is 69.5 Å². The minimum Gasteiger partial charge on any atom is -0.479 e. The highest BCUT2D eigenvalue weighted by atomic mass is 32.2. The molecule has 2 N–H and O–H groups in total. The first-order valence-corrected chi connectivity index (χ1v) is 14.7. The van der Waals surface area contributed by atoms with Crippen LogP contribution in [-0.4, -0.2) is 49.1 Å². The average molecular weight is 544 g/mol. The van der Waals surface area contributed by atoms with E-state index in [0.29, 0.717) is 6.20 Å². The molecule has 14 heteroatoms. The molecule has 0 amide bonds. The lowest BCUT2D eigenvalue weighted by atomic mass is 10.2. The van der Waals surface area contributed by atoms with Crippen LogP contribution >= 0.6 is 7.14 Å². The molecule has 36 heavy (non-hydrogen) atoms. The Morgan fingerprint density at radius 1 is 1.06 bits per heavy atom. The van der Waals surface area contributed by atoms with Gasteiger partial charge < -0.3 is 15.0 Å². The average Bonchev–Trinajstić information content (AvgIpc) is 2.78. The number of aromatic nitrogens is 3. The van der Waals surface area contributed by atoms with Crippen LogP contribution in [0.25, 0.3) is 0 Å². The van der Waals surface area contributed by atoms with E-state index in [4.69, 9.17) is 10.5 Å². The largest absolute Gasteiger partial charge is 0.479 e. The predicted molar refractivity (Wildman–Crippen MR) is 132 cm³/mol. The Labute approximate surface area is 206 Å². The number of hydrogen-bond acceptors (Lipinski definition) is 9. The van der Waals surface area contributed by atoms with Crippen LogP contribution in [0.5, 0.6) is 5.88 Å². The van der Waals surface area contributed by atoms with E-state index in [2.05, 4.69) is 15.0 Å². The molecule has 0 unspecified atom stereocenters. The highest BCUT2D eigenvalue weighted by molar-refractivity contribution is 7.92. The third kappa shape index (κ3) is 5.31. The molecule has 1 aromatic carbocycles. The SMILES string of the molecule is COc1nc(P(C)(C)=O)ccc1N(c1ncc(C(F)(F)F)c(N)n1)c1ccccc1S(=O)(=O)C(C)C. The molecule has 3 aromatic rings. The van der Waals surface area contributed by atoms with Crippen molar-refractivity contribution in [1.29, 1.82) is 0 Å². The molecule has 0 fully saturated rings. The summed E-state index contributed by atoms with van der Waals surface area (Å²) in [6.07, 6.45) is -4.28. The van der Waals surface area contributed by atoms with Gasteiger partial charge in [-0.05, 0) is 51.4 Å². The summed E-state index contributed by atoms with van der Waals surface area (Å²) >= 11 is 0. The Morgan fingerprint density at radius 2 is 1.69 bits per heavy atom. The van der Waals surface area contributed by atoms with Gasteiger partial charge in [-0.15, -0.1) is 0 Å². The van der Waals surface area contributed by atoms with Gasteiger partial charge in [-0.1, -0.05) is 12.1 Å². The molecular weight excluding hydrogens is 518 g/mol. The van der Waals surface area contributed by atoms with Crippen molar-refractivity contribution in [2.75, 3.05) is 31.1 Å². The van der Waals surface area contributed by atoms with Crippen molar-refractivity contribution in [1.82, 2.24) is 15.0 Å². The molecule has 2 heterocycles. The number of nitrogens with zero attached hydrogens (tertiary/aromatic N) is 4. The van der Waals surface area contributed by atoms with Crippen LogP contribution in [0, 0.1) is 0 Å². The van der Waals surface area contributed by atoms with Gasteiger partial charge in [-0.25, -0.2) is 18.4 Å². The molecule has 9 nitrogen and oxygen atoms in total. The molecule has 0 radical (unpaired) electrons. The Balaban J connectivity index is 2.39. The quantitative estimate of drug-likeness (QED) is 0.432. The minimum atomic E-state index is -4.80. The van der Waals surface area contributed by atoms with Crippen molar-refractivity contribution < 1.29 is 30.9 Å². The van der Waals surface area contributed by atoms with Crippen LogP contribution in [0.3, 0.4) is 0 Å². The zero-order chi connectivity index (χ0) is 27.1. The van der Waals surface area contributed by atoms with Crippen LogP contribution in [0.2, 0.25) is 0 Å². The summed E-state index contributed by atoms with van der Waals surface area (Å²) in [5, 5.41) is -0.812. The second-order valence-corrected chi connectivity index (χ2v) is 14.0. The van der Waals surface area contributed by atoms with E-state index in [1.54, 1.807) is 6.07 Å². The van der Waals surface area contributed by atoms with Gasteiger partial charge in [0.25, 0.3) is 0 Å².